The Balaban J connectivity index is 2.54. The zero-order valence-corrected chi connectivity index (χ0v) is 13.0. The molecule has 0 aliphatic rings. The average Bonchev–Trinajstić information content (AvgIpc) is 2.51. The summed E-state index contributed by atoms with van der Waals surface area (Å²) in [6.07, 6.45) is 1.74. The molecule has 21 heavy (non-hydrogen) atoms. The Labute approximate surface area is 126 Å². The summed E-state index contributed by atoms with van der Waals surface area (Å²) in [5.74, 6) is 1.33. The van der Waals surface area contributed by atoms with Gasteiger partial charge in [-0.15, -0.1) is 0 Å². The Hall–Kier alpha value is -1.75. The highest BCUT2D eigenvalue weighted by atomic mass is 16.5. The minimum Gasteiger partial charge on any atom is -0.493 e. The molecule has 1 rings (SSSR count). The first kappa shape index (κ1) is 17.3. The molecule has 0 spiro atoms. The molecule has 0 aromatic heterocycles. The van der Waals surface area contributed by atoms with E-state index in [4.69, 9.17) is 14.6 Å². The van der Waals surface area contributed by atoms with Crippen molar-refractivity contribution >= 4 is 5.91 Å². The first-order valence-corrected chi connectivity index (χ1v) is 7.32. The van der Waals surface area contributed by atoms with Crippen LogP contribution in [0.5, 0.6) is 11.5 Å². The molecule has 1 amide bonds. The Kier molecular flexibility index (Phi) is 7.61. The molecule has 0 saturated heterocycles. The molecule has 0 aliphatic carbocycles. The molecule has 0 saturated carbocycles. The first-order valence-electron chi connectivity index (χ1n) is 7.32. The largest absolute Gasteiger partial charge is 0.493 e. The van der Waals surface area contributed by atoms with Gasteiger partial charge in [0.1, 0.15) is 0 Å². The van der Waals surface area contributed by atoms with Crippen molar-refractivity contribution in [3.63, 3.8) is 0 Å². The van der Waals surface area contributed by atoms with E-state index in [0.29, 0.717) is 30.2 Å². The number of hydrogen-bond donors (Lipinski definition) is 2. The Morgan fingerprint density at radius 1 is 1.38 bits per heavy atom. The van der Waals surface area contributed by atoms with Gasteiger partial charge in [0, 0.05) is 18.7 Å². The third-order valence-electron chi connectivity index (χ3n) is 3.20. The number of nitrogens with one attached hydrogen (secondary N) is 1. The van der Waals surface area contributed by atoms with Gasteiger partial charge in [-0.1, -0.05) is 6.92 Å². The SMILES string of the molecule is CCOc1ccc(C(=O)NCCCC(C)CO)cc1OC. The molecule has 0 aliphatic heterocycles. The summed E-state index contributed by atoms with van der Waals surface area (Å²) >= 11 is 0. The number of benzene rings is 1. The van der Waals surface area contributed by atoms with Gasteiger partial charge in [-0.05, 0) is 43.9 Å². The lowest BCUT2D eigenvalue weighted by molar-refractivity contribution is 0.0951. The molecule has 5 heteroatoms. The van der Waals surface area contributed by atoms with Crippen LogP contribution < -0.4 is 14.8 Å². The van der Waals surface area contributed by atoms with Crippen LogP contribution in [0.3, 0.4) is 0 Å². The van der Waals surface area contributed by atoms with Gasteiger partial charge >= 0.3 is 0 Å². The number of amides is 1. The van der Waals surface area contributed by atoms with Crippen LogP contribution in [0, 0.1) is 5.92 Å². The van der Waals surface area contributed by atoms with E-state index in [9.17, 15) is 4.79 Å². The Morgan fingerprint density at radius 2 is 2.14 bits per heavy atom. The standard InChI is InChI=1S/C16H25NO4/c1-4-21-14-8-7-13(10-15(14)20-3)16(19)17-9-5-6-12(2)11-18/h7-8,10,12,18H,4-6,9,11H2,1-3H3,(H,17,19). The van der Waals surface area contributed by atoms with Gasteiger partial charge in [-0.3, -0.25) is 4.79 Å². The van der Waals surface area contributed by atoms with Gasteiger partial charge in [0.25, 0.3) is 5.91 Å². The highest BCUT2D eigenvalue weighted by Gasteiger charge is 2.10. The lowest BCUT2D eigenvalue weighted by Crippen LogP contribution is -2.25. The molecule has 1 aromatic carbocycles. The first-order chi connectivity index (χ1) is 10.1. The fourth-order valence-electron chi connectivity index (χ4n) is 1.93. The predicted octanol–water partition coefficient (Wildman–Crippen LogP) is 2.23. The second-order valence-electron chi connectivity index (χ2n) is 4.98. The number of methoxy groups -OCH3 is 1. The quantitative estimate of drug-likeness (QED) is 0.686. The van der Waals surface area contributed by atoms with E-state index in [1.165, 1.54) is 0 Å². The summed E-state index contributed by atoms with van der Waals surface area (Å²) in [6.45, 7) is 5.21. The van der Waals surface area contributed by atoms with E-state index in [2.05, 4.69) is 5.32 Å². The monoisotopic (exact) mass is 295 g/mol. The van der Waals surface area contributed by atoms with Crippen molar-refractivity contribution in [2.75, 3.05) is 26.9 Å². The van der Waals surface area contributed by atoms with Gasteiger partial charge < -0.3 is 19.9 Å². The molecule has 2 N–H and O–H groups in total. The Morgan fingerprint density at radius 3 is 2.76 bits per heavy atom. The molecule has 0 heterocycles. The molecule has 0 bridgehead atoms. The summed E-state index contributed by atoms with van der Waals surface area (Å²) < 4.78 is 10.6. The van der Waals surface area contributed by atoms with E-state index in [-0.39, 0.29) is 18.4 Å². The fourth-order valence-corrected chi connectivity index (χ4v) is 1.93. The molecule has 118 valence electrons. The van der Waals surface area contributed by atoms with Crippen LogP contribution in [-0.2, 0) is 0 Å². The van der Waals surface area contributed by atoms with Gasteiger partial charge in [-0.25, -0.2) is 0 Å². The molecule has 1 unspecified atom stereocenters. The highest BCUT2D eigenvalue weighted by Crippen LogP contribution is 2.27. The van der Waals surface area contributed by atoms with Crippen molar-refractivity contribution < 1.29 is 19.4 Å². The molecule has 1 aromatic rings. The maximum atomic E-state index is 12.0. The molecule has 0 fully saturated rings. The van der Waals surface area contributed by atoms with Crippen molar-refractivity contribution in [3.05, 3.63) is 23.8 Å². The highest BCUT2D eigenvalue weighted by molar-refractivity contribution is 5.94. The molecule has 5 nitrogen and oxygen atoms in total. The summed E-state index contributed by atoms with van der Waals surface area (Å²) in [7, 11) is 1.55. The van der Waals surface area contributed by atoms with E-state index < -0.39 is 0 Å². The minimum atomic E-state index is -0.131. The van der Waals surface area contributed by atoms with E-state index in [1.807, 2.05) is 13.8 Å². The fraction of sp³-hybridized carbons (Fsp3) is 0.562. The summed E-state index contributed by atoms with van der Waals surface area (Å²) in [6, 6.07) is 5.14. The van der Waals surface area contributed by atoms with E-state index in [1.54, 1.807) is 25.3 Å². The molecular formula is C16H25NO4. The topological polar surface area (TPSA) is 67.8 Å². The van der Waals surface area contributed by atoms with Crippen molar-refractivity contribution in [2.24, 2.45) is 5.92 Å². The van der Waals surface area contributed by atoms with Crippen LogP contribution in [0.2, 0.25) is 0 Å². The lowest BCUT2D eigenvalue weighted by Gasteiger charge is -2.11. The van der Waals surface area contributed by atoms with Crippen molar-refractivity contribution in [1.29, 1.82) is 0 Å². The normalized spacial score (nSPS) is 11.8. The summed E-state index contributed by atoms with van der Waals surface area (Å²) in [5, 5.41) is 11.8. The number of aliphatic hydroxyl groups excluding tert-OH is 1. The van der Waals surface area contributed by atoms with Crippen molar-refractivity contribution in [3.8, 4) is 11.5 Å². The van der Waals surface area contributed by atoms with Crippen LogP contribution >= 0.6 is 0 Å². The summed E-state index contributed by atoms with van der Waals surface area (Å²) in [4.78, 5) is 12.0. The van der Waals surface area contributed by atoms with E-state index in [0.717, 1.165) is 12.8 Å². The molecular weight excluding hydrogens is 270 g/mol. The zero-order chi connectivity index (χ0) is 15.7. The third kappa shape index (κ3) is 5.63. The average molecular weight is 295 g/mol. The van der Waals surface area contributed by atoms with Crippen LogP contribution in [0.25, 0.3) is 0 Å². The number of carbonyl (C=O) groups excluding carboxylic acids is 1. The number of aliphatic hydroxyl groups is 1. The van der Waals surface area contributed by atoms with Crippen molar-refractivity contribution in [2.45, 2.75) is 26.7 Å². The van der Waals surface area contributed by atoms with Gasteiger partial charge in [0.05, 0.1) is 13.7 Å². The predicted molar refractivity (Wildman–Crippen MR) is 82.0 cm³/mol. The maximum absolute atomic E-state index is 12.0. The number of ether oxygens (including phenoxy) is 2. The van der Waals surface area contributed by atoms with Crippen LogP contribution in [0.15, 0.2) is 18.2 Å². The van der Waals surface area contributed by atoms with Crippen LogP contribution in [-0.4, -0.2) is 37.9 Å². The molecule has 1 atom stereocenters. The number of hydrogen-bond acceptors (Lipinski definition) is 4. The second kappa shape index (κ2) is 9.23. The molecule has 0 radical (unpaired) electrons. The lowest BCUT2D eigenvalue weighted by atomic mass is 10.1. The van der Waals surface area contributed by atoms with Gasteiger partial charge in [0.2, 0.25) is 0 Å². The van der Waals surface area contributed by atoms with E-state index >= 15 is 0 Å². The van der Waals surface area contributed by atoms with Crippen molar-refractivity contribution in [1.82, 2.24) is 5.32 Å². The Bertz CT molecular complexity index is 448. The van der Waals surface area contributed by atoms with Gasteiger partial charge in [-0.2, -0.15) is 0 Å². The third-order valence-corrected chi connectivity index (χ3v) is 3.20. The maximum Gasteiger partial charge on any atom is 0.251 e. The number of carbonyl (C=O) groups is 1. The second-order valence-corrected chi connectivity index (χ2v) is 4.98. The van der Waals surface area contributed by atoms with Crippen LogP contribution in [0.4, 0.5) is 0 Å². The summed E-state index contributed by atoms with van der Waals surface area (Å²) in [5.41, 5.74) is 0.547. The minimum absolute atomic E-state index is 0.131. The van der Waals surface area contributed by atoms with Gasteiger partial charge in [0.15, 0.2) is 11.5 Å². The zero-order valence-electron chi connectivity index (χ0n) is 13.0. The number of rotatable bonds is 9. The van der Waals surface area contributed by atoms with Crippen LogP contribution in [0.1, 0.15) is 37.0 Å². The smallest absolute Gasteiger partial charge is 0.251 e.